The highest BCUT2D eigenvalue weighted by Crippen LogP contribution is 2.29. The number of rotatable bonds is 5. The summed E-state index contributed by atoms with van der Waals surface area (Å²) in [7, 11) is 0. The number of carbonyl (C=O) groups is 1. The average molecular weight is 484 g/mol. The number of carbonyl (C=O) groups excluding carboxylic acids is 1. The standard InChI is InChI=1S/C21H17F5N4O4/c1-11-13(22)3-2-4-15(11)27-19(31)12-7-14(23)16(8-17(12)34-10-21(24,25)26)30-20(32)29-5-6-33-9-18(29)28-30/h2-4,7-8H,5-6,9-10H2,1H3,(H,27,31). The second-order valence-corrected chi connectivity index (χ2v) is 7.38. The number of ether oxygens (including phenoxy) is 2. The van der Waals surface area contributed by atoms with Crippen molar-refractivity contribution >= 4 is 11.6 Å². The minimum Gasteiger partial charge on any atom is -0.483 e. The Bertz CT molecular complexity index is 1320. The Morgan fingerprint density at radius 3 is 2.71 bits per heavy atom. The molecule has 0 bridgehead atoms. The molecule has 1 aliphatic heterocycles. The maximum Gasteiger partial charge on any atom is 0.422 e. The minimum atomic E-state index is -4.76. The summed E-state index contributed by atoms with van der Waals surface area (Å²) >= 11 is 0. The highest BCUT2D eigenvalue weighted by Gasteiger charge is 2.30. The molecule has 0 saturated carbocycles. The van der Waals surface area contributed by atoms with Crippen molar-refractivity contribution in [2.75, 3.05) is 18.5 Å². The molecule has 1 aliphatic rings. The number of hydrogen-bond acceptors (Lipinski definition) is 5. The monoisotopic (exact) mass is 484 g/mol. The summed E-state index contributed by atoms with van der Waals surface area (Å²) < 4.78 is 79.1. The van der Waals surface area contributed by atoms with Crippen LogP contribution in [-0.2, 0) is 17.9 Å². The summed E-state index contributed by atoms with van der Waals surface area (Å²) in [5, 5.41) is 6.31. The first kappa shape index (κ1) is 23.4. The average Bonchev–Trinajstić information content (AvgIpc) is 3.11. The van der Waals surface area contributed by atoms with Crippen molar-refractivity contribution in [1.29, 1.82) is 0 Å². The molecule has 3 aromatic rings. The largest absolute Gasteiger partial charge is 0.483 e. The van der Waals surface area contributed by atoms with Crippen molar-refractivity contribution in [2.45, 2.75) is 26.3 Å². The van der Waals surface area contributed by atoms with Gasteiger partial charge in [-0.15, -0.1) is 5.10 Å². The van der Waals surface area contributed by atoms with Gasteiger partial charge in [-0.25, -0.2) is 13.6 Å². The first-order chi connectivity index (χ1) is 16.0. The fraction of sp³-hybridized carbons (Fsp3) is 0.286. The second kappa shape index (κ2) is 8.89. The van der Waals surface area contributed by atoms with E-state index >= 15 is 4.39 Å². The lowest BCUT2D eigenvalue weighted by Gasteiger charge is -2.16. The molecule has 13 heteroatoms. The number of aromatic nitrogens is 3. The fourth-order valence-electron chi connectivity index (χ4n) is 3.34. The fourth-order valence-corrected chi connectivity index (χ4v) is 3.34. The van der Waals surface area contributed by atoms with E-state index in [1.807, 2.05) is 0 Å². The predicted molar refractivity (Wildman–Crippen MR) is 108 cm³/mol. The van der Waals surface area contributed by atoms with E-state index < -0.39 is 53.0 Å². The molecule has 0 aliphatic carbocycles. The third-order valence-electron chi connectivity index (χ3n) is 5.06. The van der Waals surface area contributed by atoms with Gasteiger partial charge in [0.15, 0.2) is 12.4 Å². The van der Waals surface area contributed by atoms with Crippen LogP contribution in [0.1, 0.15) is 21.7 Å². The van der Waals surface area contributed by atoms with Crippen LogP contribution in [0.5, 0.6) is 5.75 Å². The maximum absolute atomic E-state index is 15.0. The van der Waals surface area contributed by atoms with Crippen LogP contribution in [0, 0.1) is 18.6 Å². The van der Waals surface area contributed by atoms with Gasteiger partial charge >= 0.3 is 11.9 Å². The summed E-state index contributed by atoms with van der Waals surface area (Å²) in [5.41, 5.74) is -1.72. The van der Waals surface area contributed by atoms with Crippen LogP contribution >= 0.6 is 0 Å². The third-order valence-corrected chi connectivity index (χ3v) is 5.06. The van der Waals surface area contributed by atoms with Crippen LogP contribution in [0.15, 0.2) is 35.1 Å². The van der Waals surface area contributed by atoms with Gasteiger partial charge in [0.2, 0.25) is 0 Å². The van der Waals surface area contributed by atoms with E-state index in [-0.39, 0.29) is 36.8 Å². The summed E-state index contributed by atoms with van der Waals surface area (Å²) in [4.78, 5) is 25.4. The molecular weight excluding hydrogens is 467 g/mol. The van der Waals surface area contributed by atoms with Gasteiger partial charge in [0.25, 0.3) is 5.91 Å². The molecule has 2 aromatic carbocycles. The normalized spacial score (nSPS) is 13.5. The molecule has 1 aromatic heterocycles. The Balaban J connectivity index is 1.77. The second-order valence-electron chi connectivity index (χ2n) is 7.38. The smallest absolute Gasteiger partial charge is 0.422 e. The van der Waals surface area contributed by atoms with Gasteiger partial charge in [-0.2, -0.15) is 17.9 Å². The number of hydrogen-bond donors (Lipinski definition) is 1. The van der Waals surface area contributed by atoms with Crippen LogP contribution in [0.4, 0.5) is 27.6 Å². The first-order valence-corrected chi connectivity index (χ1v) is 9.91. The minimum absolute atomic E-state index is 0.00519. The first-order valence-electron chi connectivity index (χ1n) is 9.91. The maximum atomic E-state index is 15.0. The highest BCUT2D eigenvalue weighted by molar-refractivity contribution is 6.06. The van der Waals surface area contributed by atoms with E-state index in [9.17, 15) is 27.2 Å². The van der Waals surface area contributed by atoms with Crippen molar-refractivity contribution in [1.82, 2.24) is 14.3 Å². The van der Waals surface area contributed by atoms with Crippen LogP contribution in [0.3, 0.4) is 0 Å². The Morgan fingerprint density at radius 1 is 1.24 bits per heavy atom. The van der Waals surface area contributed by atoms with E-state index in [1.165, 1.54) is 23.6 Å². The van der Waals surface area contributed by atoms with Crippen LogP contribution in [-0.4, -0.2) is 39.6 Å². The molecule has 4 rings (SSSR count). The number of anilines is 1. The zero-order chi connectivity index (χ0) is 24.6. The number of amides is 1. The number of halogens is 5. The third kappa shape index (κ3) is 4.64. The van der Waals surface area contributed by atoms with Crippen LogP contribution in [0.25, 0.3) is 5.69 Å². The van der Waals surface area contributed by atoms with Gasteiger partial charge < -0.3 is 14.8 Å². The van der Waals surface area contributed by atoms with Crippen molar-refractivity contribution in [3.05, 3.63) is 69.4 Å². The van der Waals surface area contributed by atoms with E-state index in [0.717, 1.165) is 12.1 Å². The van der Waals surface area contributed by atoms with E-state index in [2.05, 4.69) is 10.4 Å². The zero-order valence-corrected chi connectivity index (χ0v) is 17.6. The van der Waals surface area contributed by atoms with Gasteiger partial charge in [0, 0.05) is 17.3 Å². The Hall–Kier alpha value is -3.74. The van der Waals surface area contributed by atoms with Gasteiger partial charge in [0.05, 0.1) is 18.7 Å². The van der Waals surface area contributed by atoms with Gasteiger partial charge in [-0.1, -0.05) is 6.07 Å². The molecule has 8 nitrogen and oxygen atoms in total. The van der Waals surface area contributed by atoms with Crippen LogP contribution < -0.4 is 15.7 Å². The quantitative estimate of drug-likeness (QED) is 0.562. The molecule has 34 heavy (non-hydrogen) atoms. The number of fused-ring (bicyclic) bond motifs is 1. The molecule has 0 fully saturated rings. The molecular formula is C21H17F5N4O4. The van der Waals surface area contributed by atoms with E-state index in [0.29, 0.717) is 10.7 Å². The number of alkyl halides is 3. The molecule has 0 radical (unpaired) electrons. The SMILES string of the molecule is Cc1c(F)cccc1NC(=O)c1cc(F)c(-n2nc3n(c2=O)CCOC3)cc1OCC(F)(F)F. The van der Waals surface area contributed by atoms with Gasteiger partial charge in [-0.05, 0) is 25.1 Å². The van der Waals surface area contributed by atoms with Crippen LogP contribution in [0.2, 0.25) is 0 Å². The highest BCUT2D eigenvalue weighted by atomic mass is 19.4. The van der Waals surface area contributed by atoms with Crippen molar-refractivity contribution in [2.24, 2.45) is 0 Å². The molecule has 180 valence electrons. The molecule has 2 heterocycles. The number of nitrogens with one attached hydrogen (secondary N) is 1. The molecule has 0 atom stereocenters. The lowest BCUT2D eigenvalue weighted by molar-refractivity contribution is -0.153. The summed E-state index contributed by atoms with van der Waals surface area (Å²) in [6.07, 6.45) is -4.76. The van der Waals surface area contributed by atoms with E-state index in [4.69, 9.17) is 9.47 Å². The lowest BCUT2D eigenvalue weighted by atomic mass is 10.1. The summed E-state index contributed by atoms with van der Waals surface area (Å²) in [6.45, 7) is 0.00119. The number of benzene rings is 2. The van der Waals surface area contributed by atoms with Crippen molar-refractivity contribution in [3.63, 3.8) is 0 Å². The van der Waals surface area contributed by atoms with Crippen molar-refractivity contribution < 1.29 is 36.2 Å². The Labute approximate surface area is 188 Å². The van der Waals surface area contributed by atoms with E-state index in [1.54, 1.807) is 0 Å². The molecule has 1 amide bonds. The topological polar surface area (TPSA) is 87.4 Å². The molecule has 0 spiro atoms. The lowest BCUT2D eigenvalue weighted by Crippen LogP contribution is -2.29. The number of nitrogens with zero attached hydrogens (tertiary/aromatic N) is 3. The molecule has 0 unspecified atom stereocenters. The zero-order valence-electron chi connectivity index (χ0n) is 17.6. The molecule has 0 saturated heterocycles. The van der Waals surface area contributed by atoms with Gasteiger partial charge in [0.1, 0.15) is 29.7 Å². The van der Waals surface area contributed by atoms with Gasteiger partial charge in [-0.3, -0.25) is 9.36 Å². The Kier molecular flexibility index (Phi) is 6.13. The Morgan fingerprint density at radius 2 is 2.00 bits per heavy atom. The summed E-state index contributed by atoms with van der Waals surface area (Å²) in [6, 6.07) is 5.26. The summed E-state index contributed by atoms with van der Waals surface area (Å²) in [5.74, 6) is -3.22. The predicted octanol–water partition coefficient (Wildman–Crippen LogP) is 3.34. The van der Waals surface area contributed by atoms with Crippen molar-refractivity contribution in [3.8, 4) is 11.4 Å². The molecule has 1 N–H and O–H groups in total.